The highest BCUT2D eigenvalue weighted by atomic mass is 16.3. The number of nitrogens with zero attached hydrogens (tertiary/aromatic N) is 5. The third-order valence-corrected chi connectivity index (χ3v) is 5.42. The second kappa shape index (κ2) is 6.80. The molecule has 0 bridgehead atoms. The van der Waals surface area contributed by atoms with E-state index in [2.05, 4.69) is 9.88 Å². The largest absolute Gasteiger partial charge is 0.467 e. The monoisotopic (exact) mass is 391 g/mol. The van der Waals surface area contributed by atoms with E-state index in [0.29, 0.717) is 30.2 Å². The van der Waals surface area contributed by atoms with E-state index in [1.54, 1.807) is 13.3 Å². The molecule has 0 unspecified atom stereocenters. The van der Waals surface area contributed by atoms with Crippen LogP contribution in [-0.2, 0) is 26.7 Å². The van der Waals surface area contributed by atoms with Crippen molar-refractivity contribution in [3.63, 3.8) is 0 Å². The summed E-state index contributed by atoms with van der Waals surface area (Å²) in [5.41, 5.74) is 1.14. The van der Waals surface area contributed by atoms with Gasteiger partial charge in [0.1, 0.15) is 5.76 Å². The summed E-state index contributed by atoms with van der Waals surface area (Å²) < 4.78 is 10.2. The van der Waals surface area contributed by atoms with Gasteiger partial charge in [-0.3, -0.25) is 13.9 Å². The van der Waals surface area contributed by atoms with Gasteiger partial charge in [0.2, 0.25) is 5.95 Å². The highest BCUT2D eigenvalue weighted by molar-refractivity contribution is 5.75. The quantitative estimate of drug-likeness (QED) is 0.531. The highest BCUT2D eigenvalue weighted by Gasteiger charge is 2.26. The Hall–Kier alpha value is -3.55. The average Bonchev–Trinajstić information content (AvgIpc) is 3.39. The number of hydrogen-bond donors (Lipinski definition) is 0. The van der Waals surface area contributed by atoms with Gasteiger partial charge in [0.05, 0.1) is 19.4 Å². The fourth-order valence-electron chi connectivity index (χ4n) is 3.98. The Kier molecular flexibility index (Phi) is 4.12. The van der Waals surface area contributed by atoms with Crippen molar-refractivity contribution in [2.24, 2.45) is 7.05 Å². The van der Waals surface area contributed by atoms with Crippen LogP contribution in [0.5, 0.6) is 0 Å². The molecule has 0 N–H and O–H groups in total. The van der Waals surface area contributed by atoms with Crippen molar-refractivity contribution in [3.05, 3.63) is 80.9 Å². The Balaban J connectivity index is 1.66. The molecule has 3 aromatic heterocycles. The van der Waals surface area contributed by atoms with Gasteiger partial charge in [-0.15, -0.1) is 0 Å². The van der Waals surface area contributed by atoms with E-state index < -0.39 is 0 Å². The summed E-state index contributed by atoms with van der Waals surface area (Å²) in [6.45, 7) is 2.32. The Morgan fingerprint density at radius 2 is 1.86 bits per heavy atom. The van der Waals surface area contributed by atoms with E-state index in [9.17, 15) is 9.59 Å². The summed E-state index contributed by atoms with van der Waals surface area (Å²) in [6, 6.07) is 13.3. The molecule has 8 nitrogen and oxygen atoms in total. The lowest BCUT2D eigenvalue weighted by Gasteiger charge is -2.28. The van der Waals surface area contributed by atoms with Crippen LogP contribution in [0, 0.1) is 0 Å². The number of aromatic nitrogens is 4. The number of fused-ring (bicyclic) bond motifs is 3. The third kappa shape index (κ3) is 2.88. The van der Waals surface area contributed by atoms with Crippen LogP contribution in [0.1, 0.15) is 17.7 Å². The molecule has 0 atom stereocenters. The maximum absolute atomic E-state index is 13.3. The molecule has 4 aromatic rings. The van der Waals surface area contributed by atoms with Gasteiger partial charge in [-0.2, -0.15) is 4.98 Å². The number of furan rings is 1. The van der Waals surface area contributed by atoms with Gasteiger partial charge >= 0.3 is 5.69 Å². The van der Waals surface area contributed by atoms with Crippen LogP contribution < -0.4 is 16.1 Å². The SMILES string of the molecule is Cn1c(=O)n(Cc2ccccc2)c(=O)c2c1nc1n2CCCN1Cc1ccco1. The summed E-state index contributed by atoms with van der Waals surface area (Å²) >= 11 is 0. The molecular formula is C21H21N5O3. The maximum Gasteiger partial charge on any atom is 0.332 e. The number of anilines is 1. The smallest absolute Gasteiger partial charge is 0.332 e. The number of aryl methyl sites for hydroxylation is 2. The zero-order chi connectivity index (χ0) is 20.0. The van der Waals surface area contributed by atoms with Gasteiger partial charge in [-0.1, -0.05) is 30.3 Å². The van der Waals surface area contributed by atoms with Crippen LogP contribution in [0.25, 0.3) is 11.2 Å². The minimum atomic E-state index is -0.362. The molecule has 0 fully saturated rings. The van der Waals surface area contributed by atoms with E-state index in [4.69, 9.17) is 4.42 Å². The highest BCUT2D eigenvalue weighted by Crippen LogP contribution is 2.25. The Morgan fingerprint density at radius 1 is 1.03 bits per heavy atom. The molecule has 0 amide bonds. The van der Waals surface area contributed by atoms with E-state index in [0.717, 1.165) is 24.3 Å². The summed E-state index contributed by atoms with van der Waals surface area (Å²) in [6.07, 6.45) is 2.54. The summed E-state index contributed by atoms with van der Waals surface area (Å²) in [4.78, 5) is 33.0. The standard InChI is InChI=1S/C21H21N5O3/c1-23-18-17(19(27)26(21(23)28)13-15-7-3-2-4-8-15)25-11-6-10-24(20(25)22-18)14-16-9-5-12-29-16/h2-5,7-9,12H,6,10-11,13-14H2,1H3. The zero-order valence-corrected chi connectivity index (χ0v) is 16.1. The molecule has 0 radical (unpaired) electrons. The Labute approximate surface area is 166 Å². The first kappa shape index (κ1) is 17.5. The first-order chi connectivity index (χ1) is 14.1. The molecule has 1 aliphatic rings. The fourth-order valence-corrected chi connectivity index (χ4v) is 3.98. The molecule has 0 spiro atoms. The number of imidazole rings is 1. The van der Waals surface area contributed by atoms with E-state index in [1.165, 1.54) is 9.13 Å². The van der Waals surface area contributed by atoms with Crippen molar-refractivity contribution in [3.8, 4) is 0 Å². The predicted molar refractivity (Wildman–Crippen MR) is 109 cm³/mol. The topological polar surface area (TPSA) is 78.2 Å². The number of rotatable bonds is 4. The Bertz CT molecular complexity index is 1280. The number of hydrogen-bond acceptors (Lipinski definition) is 5. The van der Waals surface area contributed by atoms with Gasteiger partial charge in [-0.25, -0.2) is 4.79 Å². The predicted octanol–water partition coefficient (Wildman–Crippen LogP) is 1.95. The van der Waals surface area contributed by atoms with Gasteiger partial charge in [-0.05, 0) is 24.1 Å². The number of benzene rings is 1. The van der Waals surface area contributed by atoms with Crippen molar-refractivity contribution in [2.45, 2.75) is 26.1 Å². The lowest BCUT2D eigenvalue weighted by Crippen LogP contribution is -2.40. The zero-order valence-electron chi connectivity index (χ0n) is 16.1. The second-order valence-corrected chi connectivity index (χ2v) is 7.31. The van der Waals surface area contributed by atoms with Crippen LogP contribution in [0.3, 0.4) is 0 Å². The molecule has 0 saturated heterocycles. The van der Waals surface area contributed by atoms with E-state index in [-0.39, 0.29) is 17.8 Å². The van der Waals surface area contributed by atoms with Crippen LogP contribution in [0.4, 0.5) is 5.95 Å². The molecule has 1 aliphatic heterocycles. The van der Waals surface area contributed by atoms with Crippen LogP contribution in [0.2, 0.25) is 0 Å². The van der Waals surface area contributed by atoms with Crippen molar-refractivity contribution < 1.29 is 4.42 Å². The fraction of sp³-hybridized carbons (Fsp3) is 0.286. The van der Waals surface area contributed by atoms with Crippen LogP contribution >= 0.6 is 0 Å². The van der Waals surface area contributed by atoms with Crippen LogP contribution in [-0.4, -0.2) is 25.2 Å². The Morgan fingerprint density at radius 3 is 2.62 bits per heavy atom. The van der Waals surface area contributed by atoms with Gasteiger partial charge < -0.3 is 13.9 Å². The van der Waals surface area contributed by atoms with Crippen molar-refractivity contribution in [1.82, 2.24) is 18.7 Å². The second-order valence-electron chi connectivity index (χ2n) is 7.31. The lowest BCUT2D eigenvalue weighted by atomic mass is 10.2. The van der Waals surface area contributed by atoms with Crippen molar-refractivity contribution in [2.75, 3.05) is 11.4 Å². The molecule has 5 rings (SSSR count). The van der Waals surface area contributed by atoms with Crippen molar-refractivity contribution >= 4 is 17.1 Å². The van der Waals surface area contributed by atoms with Gasteiger partial charge in [0.25, 0.3) is 5.56 Å². The van der Waals surface area contributed by atoms with Crippen molar-refractivity contribution in [1.29, 1.82) is 0 Å². The molecule has 0 saturated carbocycles. The summed E-state index contributed by atoms with van der Waals surface area (Å²) in [5, 5.41) is 0. The van der Waals surface area contributed by atoms with Crippen LogP contribution in [0.15, 0.2) is 62.7 Å². The average molecular weight is 391 g/mol. The lowest BCUT2D eigenvalue weighted by molar-refractivity contribution is 0.481. The molecule has 1 aromatic carbocycles. The van der Waals surface area contributed by atoms with E-state index in [1.807, 2.05) is 47.0 Å². The summed E-state index contributed by atoms with van der Waals surface area (Å²) in [7, 11) is 1.67. The minimum Gasteiger partial charge on any atom is -0.467 e. The molecule has 29 heavy (non-hydrogen) atoms. The molecule has 148 valence electrons. The molecule has 8 heteroatoms. The third-order valence-electron chi connectivity index (χ3n) is 5.42. The van der Waals surface area contributed by atoms with Gasteiger partial charge in [0, 0.05) is 20.1 Å². The first-order valence-corrected chi connectivity index (χ1v) is 9.65. The first-order valence-electron chi connectivity index (χ1n) is 9.65. The summed E-state index contributed by atoms with van der Waals surface area (Å²) in [5.74, 6) is 1.54. The van der Waals surface area contributed by atoms with Gasteiger partial charge in [0.15, 0.2) is 11.2 Å². The minimum absolute atomic E-state index is 0.235. The molecule has 0 aliphatic carbocycles. The molecule has 4 heterocycles. The van der Waals surface area contributed by atoms with E-state index >= 15 is 0 Å². The maximum atomic E-state index is 13.3. The molecular weight excluding hydrogens is 370 g/mol. The normalized spacial score (nSPS) is 13.8.